The standard InChI is InChI=1S/C25H31N7O2/c1-19(23-21-10-7-11-26-24(21)28-27-23)18-22(33)32(20-8-5-4-6-9-20)17-14-30-12-15-31(16-13-30)25(34)29(2)3/h4-11,18H,12-17H2,1-3H3,(H,26,27,28)/b19-18+. The molecule has 178 valence electrons. The lowest BCUT2D eigenvalue weighted by atomic mass is 10.1. The molecule has 0 aliphatic carbocycles. The van der Waals surface area contributed by atoms with E-state index in [1.165, 1.54) is 0 Å². The Hall–Kier alpha value is -3.72. The van der Waals surface area contributed by atoms with Crippen molar-refractivity contribution in [1.82, 2.24) is 29.9 Å². The molecule has 1 N–H and O–H groups in total. The van der Waals surface area contributed by atoms with E-state index >= 15 is 0 Å². The Balaban J connectivity index is 1.46. The molecule has 0 unspecified atom stereocenters. The molecular weight excluding hydrogens is 430 g/mol. The SMILES string of the molecule is C/C(=C\C(=O)N(CCN1CCN(C(=O)N(C)C)CC1)c1ccccc1)c1[nH]nc2ncccc12. The molecule has 0 atom stereocenters. The second kappa shape index (κ2) is 10.5. The first-order valence-corrected chi connectivity index (χ1v) is 11.5. The number of aromatic nitrogens is 3. The number of para-hydroxylation sites is 1. The molecule has 0 spiro atoms. The summed E-state index contributed by atoms with van der Waals surface area (Å²) >= 11 is 0. The first-order valence-electron chi connectivity index (χ1n) is 11.5. The fourth-order valence-electron chi connectivity index (χ4n) is 4.15. The molecule has 9 heteroatoms. The smallest absolute Gasteiger partial charge is 0.319 e. The van der Waals surface area contributed by atoms with Crippen LogP contribution in [0.15, 0.2) is 54.7 Å². The molecule has 1 aliphatic heterocycles. The zero-order valence-corrected chi connectivity index (χ0v) is 19.9. The van der Waals surface area contributed by atoms with Gasteiger partial charge in [0, 0.05) is 76.7 Å². The van der Waals surface area contributed by atoms with Gasteiger partial charge in [-0.2, -0.15) is 5.10 Å². The molecule has 0 radical (unpaired) electrons. The zero-order chi connectivity index (χ0) is 24.1. The molecule has 4 rings (SSSR count). The van der Waals surface area contributed by atoms with Crippen molar-refractivity contribution >= 4 is 34.2 Å². The Kier molecular flexibility index (Phi) is 7.22. The van der Waals surface area contributed by atoms with Gasteiger partial charge in [-0.25, -0.2) is 9.78 Å². The third kappa shape index (κ3) is 5.26. The first kappa shape index (κ1) is 23.4. The Morgan fingerprint density at radius 2 is 1.79 bits per heavy atom. The van der Waals surface area contributed by atoms with Crippen molar-refractivity contribution in [1.29, 1.82) is 0 Å². The van der Waals surface area contributed by atoms with Crippen LogP contribution in [0.25, 0.3) is 16.6 Å². The molecule has 9 nitrogen and oxygen atoms in total. The zero-order valence-electron chi connectivity index (χ0n) is 19.9. The summed E-state index contributed by atoms with van der Waals surface area (Å²) in [5, 5.41) is 8.13. The number of benzene rings is 1. The predicted molar refractivity (Wildman–Crippen MR) is 133 cm³/mol. The second-order valence-corrected chi connectivity index (χ2v) is 8.63. The van der Waals surface area contributed by atoms with Crippen molar-refractivity contribution in [2.75, 3.05) is 58.3 Å². The normalized spacial score (nSPS) is 14.9. The number of carbonyl (C=O) groups is 2. The van der Waals surface area contributed by atoms with Crippen LogP contribution in [-0.2, 0) is 4.79 Å². The fraction of sp³-hybridized carbons (Fsp3) is 0.360. The van der Waals surface area contributed by atoms with Crippen molar-refractivity contribution < 1.29 is 9.59 Å². The Morgan fingerprint density at radius 3 is 2.50 bits per heavy atom. The number of hydrogen-bond acceptors (Lipinski definition) is 5. The summed E-state index contributed by atoms with van der Waals surface area (Å²) in [6, 6.07) is 13.6. The van der Waals surface area contributed by atoms with Crippen molar-refractivity contribution in [2.45, 2.75) is 6.92 Å². The quantitative estimate of drug-likeness (QED) is 0.570. The fourth-order valence-corrected chi connectivity index (χ4v) is 4.15. The summed E-state index contributed by atoms with van der Waals surface area (Å²) in [6.45, 7) is 6.15. The minimum absolute atomic E-state index is 0.0443. The van der Waals surface area contributed by atoms with Gasteiger partial charge in [-0.05, 0) is 36.8 Å². The number of pyridine rings is 1. The number of H-pyrrole nitrogens is 1. The van der Waals surface area contributed by atoms with E-state index in [0.717, 1.165) is 42.0 Å². The van der Waals surface area contributed by atoms with Gasteiger partial charge in [-0.1, -0.05) is 18.2 Å². The van der Waals surface area contributed by atoms with Crippen LogP contribution in [0.2, 0.25) is 0 Å². The molecule has 0 bridgehead atoms. The number of carbonyl (C=O) groups excluding carboxylic acids is 2. The van der Waals surface area contributed by atoms with E-state index in [1.807, 2.05) is 54.3 Å². The topological polar surface area (TPSA) is 88.7 Å². The minimum atomic E-state index is -0.0863. The number of amides is 3. The van der Waals surface area contributed by atoms with E-state index in [9.17, 15) is 9.59 Å². The van der Waals surface area contributed by atoms with E-state index in [1.54, 1.807) is 36.2 Å². The van der Waals surface area contributed by atoms with Crippen molar-refractivity contribution in [3.05, 3.63) is 60.4 Å². The number of urea groups is 1. The molecule has 3 aromatic rings. The van der Waals surface area contributed by atoms with Crippen LogP contribution < -0.4 is 4.90 Å². The number of hydrogen-bond donors (Lipinski definition) is 1. The number of rotatable bonds is 6. The number of aromatic amines is 1. The maximum atomic E-state index is 13.4. The Bertz CT molecular complexity index is 1160. The van der Waals surface area contributed by atoms with Gasteiger partial charge in [-0.15, -0.1) is 0 Å². The molecule has 34 heavy (non-hydrogen) atoms. The number of nitrogens with zero attached hydrogens (tertiary/aromatic N) is 6. The highest BCUT2D eigenvalue weighted by atomic mass is 16.2. The van der Waals surface area contributed by atoms with Gasteiger partial charge in [0.15, 0.2) is 5.65 Å². The molecule has 0 saturated carbocycles. The average Bonchev–Trinajstić information content (AvgIpc) is 3.29. The van der Waals surface area contributed by atoms with Gasteiger partial charge in [0.1, 0.15) is 0 Å². The van der Waals surface area contributed by atoms with Crippen molar-refractivity contribution in [3.63, 3.8) is 0 Å². The second-order valence-electron chi connectivity index (χ2n) is 8.63. The summed E-state index contributed by atoms with van der Waals surface area (Å²) in [7, 11) is 3.55. The molecule has 3 heterocycles. The number of piperazine rings is 1. The molecule has 3 amide bonds. The van der Waals surface area contributed by atoms with Gasteiger partial charge >= 0.3 is 6.03 Å². The number of nitrogens with one attached hydrogen (secondary N) is 1. The summed E-state index contributed by atoms with van der Waals surface area (Å²) in [6.07, 6.45) is 3.35. The lowest BCUT2D eigenvalue weighted by Gasteiger charge is -2.36. The molecular formula is C25H31N7O2. The van der Waals surface area contributed by atoms with Crippen LogP contribution in [0.3, 0.4) is 0 Å². The Labute approximate surface area is 199 Å². The monoisotopic (exact) mass is 461 g/mol. The maximum absolute atomic E-state index is 13.4. The van der Waals surface area contributed by atoms with E-state index in [-0.39, 0.29) is 11.9 Å². The van der Waals surface area contributed by atoms with E-state index in [0.29, 0.717) is 25.3 Å². The highest BCUT2D eigenvalue weighted by Crippen LogP contribution is 2.22. The van der Waals surface area contributed by atoms with Gasteiger partial charge in [0.25, 0.3) is 5.91 Å². The summed E-state index contributed by atoms with van der Waals surface area (Å²) in [5.74, 6) is -0.0863. The third-order valence-corrected chi connectivity index (χ3v) is 6.06. The van der Waals surface area contributed by atoms with Crippen LogP contribution in [0.4, 0.5) is 10.5 Å². The van der Waals surface area contributed by atoms with Gasteiger partial charge in [0.05, 0.1) is 5.69 Å². The lowest BCUT2D eigenvalue weighted by Crippen LogP contribution is -2.52. The van der Waals surface area contributed by atoms with E-state index < -0.39 is 0 Å². The molecule has 1 aliphatic rings. The largest absolute Gasteiger partial charge is 0.331 e. The number of anilines is 1. The van der Waals surface area contributed by atoms with Crippen molar-refractivity contribution in [3.8, 4) is 0 Å². The van der Waals surface area contributed by atoms with Gasteiger partial charge in [0.2, 0.25) is 0 Å². The highest BCUT2D eigenvalue weighted by molar-refractivity contribution is 6.06. The van der Waals surface area contributed by atoms with Crippen molar-refractivity contribution in [2.24, 2.45) is 0 Å². The van der Waals surface area contributed by atoms with Gasteiger partial charge in [-0.3, -0.25) is 14.8 Å². The number of allylic oxidation sites excluding steroid dienone is 1. The minimum Gasteiger partial charge on any atom is -0.331 e. The molecule has 2 aromatic heterocycles. The summed E-state index contributed by atoms with van der Waals surface area (Å²) in [5.41, 5.74) is 3.09. The third-order valence-electron chi connectivity index (χ3n) is 6.06. The summed E-state index contributed by atoms with van der Waals surface area (Å²) < 4.78 is 0. The van der Waals surface area contributed by atoms with E-state index in [2.05, 4.69) is 20.1 Å². The lowest BCUT2D eigenvalue weighted by molar-refractivity contribution is -0.114. The average molecular weight is 462 g/mol. The van der Waals surface area contributed by atoms with Crippen LogP contribution in [0.1, 0.15) is 12.6 Å². The maximum Gasteiger partial charge on any atom is 0.319 e. The highest BCUT2D eigenvalue weighted by Gasteiger charge is 2.23. The van der Waals surface area contributed by atoms with Crippen LogP contribution in [0, 0.1) is 0 Å². The molecule has 1 fully saturated rings. The summed E-state index contributed by atoms with van der Waals surface area (Å²) in [4.78, 5) is 37.4. The first-order chi connectivity index (χ1) is 16.4. The molecule has 1 aromatic carbocycles. The number of fused-ring (bicyclic) bond motifs is 1. The van der Waals surface area contributed by atoms with E-state index in [4.69, 9.17) is 0 Å². The predicted octanol–water partition coefficient (Wildman–Crippen LogP) is 2.69. The van der Waals surface area contributed by atoms with Crippen LogP contribution in [0.5, 0.6) is 0 Å². The van der Waals surface area contributed by atoms with Gasteiger partial charge < -0.3 is 14.7 Å². The molecule has 1 saturated heterocycles. The van der Waals surface area contributed by atoms with Crippen LogP contribution >= 0.6 is 0 Å². The Morgan fingerprint density at radius 1 is 1.06 bits per heavy atom. The van der Waals surface area contributed by atoms with Crippen LogP contribution in [-0.4, -0.2) is 95.2 Å².